The first-order valence-electron chi connectivity index (χ1n) is 4.92. The van der Waals surface area contributed by atoms with Crippen LogP contribution < -0.4 is 5.32 Å². The SMILES string of the molecule is COC(=O)CCNC(=O)c1c(O)cccc1O. The van der Waals surface area contributed by atoms with Gasteiger partial charge in [-0.3, -0.25) is 9.59 Å². The fourth-order valence-electron chi connectivity index (χ4n) is 1.23. The third kappa shape index (κ3) is 3.37. The summed E-state index contributed by atoms with van der Waals surface area (Å²) in [5.74, 6) is -1.74. The van der Waals surface area contributed by atoms with Crippen LogP contribution in [0.2, 0.25) is 0 Å². The summed E-state index contributed by atoms with van der Waals surface area (Å²) in [4.78, 5) is 22.4. The predicted molar refractivity (Wildman–Crippen MR) is 58.7 cm³/mol. The Labute approximate surface area is 97.8 Å². The Morgan fingerprint density at radius 1 is 1.29 bits per heavy atom. The highest BCUT2D eigenvalue weighted by atomic mass is 16.5. The Bertz CT molecular complexity index is 410. The molecule has 1 rings (SSSR count). The van der Waals surface area contributed by atoms with Crippen LogP contribution in [-0.4, -0.2) is 35.7 Å². The average Bonchev–Trinajstić information content (AvgIpc) is 2.28. The van der Waals surface area contributed by atoms with Gasteiger partial charge in [0.15, 0.2) is 0 Å². The van der Waals surface area contributed by atoms with Gasteiger partial charge in [-0.25, -0.2) is 0 Å². The molecule has 6 heteroatoms. The van der Waals surface area contributed by atoms with Crippen molar-refractivity contribution < 1.29 is 24.5 Å². The van der Waals surface area contributed by atoms with Gasteiger partial charge in [-0.15, -0.1) is 0 Å². The molecule has 0 radical (unpaired) electrons. The fourth-order valence-corrected chi connectivity index (χ4v) is 1.23. The molecule has 0 saturated carbocycles. The van der Waals surface area contributed by atoms with Gasteiger partial charge in [-0.2, -0.15) is 0 Å². The van der Waals surface area contributed by atoms with E-state index in [0.29, 0.717) is 0 Å². The molecule has 0 spiro atoms. The van der Waals surface area contributed by atoms with Crippen LogP contribution in [0.3, 0.4) is 0 Å². The number of aromatic hydroxyl groups is 2. The number of carbonyl (C=O) groups excluding carboxylic acids is 2. The summed E-state index contributed by atoms with van der Waals surface area (Å²) in [6, 6.07) is 3.99. The Morgan fingerprint density at radius 3 is 2.41 bits per heavy atom. The summed E-state index contributed by atoms with van der Waals surface area (Å²) in [6.07, 6.45) is 0.0244. The van der Waals surface area contributed by atoms with Crippen molar-refractivity contribution in [1.82, 2.24) is 5.32 Å². The van der Waals surface area contributed by atoms with E-state index < -0.39 is 11.9 Å². The van der Waals surface area contributed by atoms with Gasteiger partial charge < -0.3 is 20.3 Å². The van der Waals surface area contributed by atoms with E-state index in [2.05, 4.69) is 10.1 Å². The van der Waals surface area contributed by atoms with Crippen LogP contribution in [0.15, 0.2) is 18.2 Å². The predicted octanol–water partition coefficient (Wildman–Crippen LogP) is 0.391. The van der Waals surface area contributed by atoms with Gasteiger partial charge in [0.05, 0.1) is 13.5 Å². The van der Waals surface area contributed by atoms with Gasteiger partial charge in [0, 0.05) is 6.54 Å². The van der Waals surface area contributed by atoms with Gasteiger partial charge >= 0.3 is 5.97 Å². The van der Waals surface area contributed by atoms with E-state index in [1.807, 2.05) is 0 Å². The standard InChI is InChI=1S/C11H13NO5/c1-17-9(15)5-6-12-11(16)10-7(13)3-2-4-8(10)14/h2-4,13-14H,5-6H2,1H3,(H,12,16). The highest BCUT2D eigenvalue weighted by Crippen LogP contribution is 2.25. The lowest BCUT2D eigenvalue weighted by Crippen LogP contribution is -2.26. The zero-order chi connectivity index (χ0) is 12.8. The Hall–Kier alpha value is -2.24. The van der Waals surface area contributed by atoms with Crippen molar-refractivity contribution in [3.05, 3.63) is 23.8 Å². The van der Waals surface area contributed by atoms with Crippen molar-refractivity contribution in [2.45, 2.75) is 6.42 Å². The van der Waals surface area contributed by atoms with Crippen molar-refractivity contribution in [2.75, 3.05) is 13.7 Å². The minimum Gasteiger partial charge on any atom is -0.507 e. The summed E-state index contributed by atoms with van der Waals surface area (Å²) in [5, 5.41) is 21.2. The summed E-state index contributed by atoms with van der Waals surface area (Å²) < 4.78 is 4.40. The number of phenols is 2. The Balaban J connectivity index is 2.61. The van der Waals surface area contributed by atoms with E-state index in [1.165, 1.54) is 25.3 Å². The molecule has 3 N–H and O–H groups in total. The molecule has 17 heavy (non-hydrogen) atoms. The van der Waals surface area contributed by atoms with Crippen LogP contribution in [0, 0.1) is 0 Å². The first-order valence-corrected chi connectivity index (χ1v) is 4.92. The van der Waals surface area contributed by atoms with E-state index in [4.69, 9.17) is 0 Å². The van der Waals surface area contributed by atoms with Gasteiger partial charge in [0.25, 0.3) is 5.91 Å². The average molecular weight is 239 g/mol. The summed E-state index contributed by atoms with van der Waals surface area (Å²) >= 11 is 0. The van der Waals surface area contributed by atoms with E-state index in [0.717, 1.165) is 0 Å². The van der Waals surface area contributed by atoms with Crippen molar-refractivity contribution >= 4 is 11.9 Å². The number of rotatable bonds is 4. The quantitative estimate of drug-likeness (QED) is 0.660. The summed E-state index contributed by atoms with van der Waals surface area (Å²) in [5.41, 5.74) is -0.211. The van der Waals surface area contributed by atoms with Crippen LogP contribution in [0.4, 0.5) is 0 Å². The molecule has 0 aliphatic rings. The van der Waals surface area contributed by atoms with Crippen molar-refractivity contribution in [3.8, 4) is 11.5 Å². The van der Waals surface area contributed by atoms with Crippen molar-refractivity contribution in [2.24, 2.45) is 0 Å². The van der Waals surface area contributed by atoms with Crippen LogP contribution in [0.5, 0.6) is 11.5 Å². The lowest BCUT2D eigenvalue weighted by molar-refractivity contribution is -0.140. The molecular formula is C11H13NO5. The summed E-state index contributed by atoms with van der Waals surface area (Å²) in [7, 11) is 1.25. The molecule has 6 nitrogen and oxygen atoms in total. The van der Waals surface area contributed by atoms with E-state index in [-0.39, 0.29) is 30.0 Å². The molecule has 0 fully saturated rings. The molecule has 0 aliphatic carbocycles. The number of phenolic OH excluding ortho intramolecular Hbond substituents is 2. The topological polar surface area (TPSA) is 95.9 Å². The summed E-state index contributed by atoms with van der Waals surface area (Å²) in [6.45, 7) is 0.0687. The number of esters is 1. The number of methoxy groups -OCH3 is 1. The van der Waals surface area contributed by atoms with Crippen molar-refractivity contribution in [1.29, 1.82) is 0 Å². The molecule has 92 valence electrons. The largest absolute Gasteiger partial charge is 0.507 e. The third-order valence-corrected chi connectivity index (χ3v) is 2.09. The molecule has 1 aromatic rings. The fraction of sp³-hybridized carbons (Fsp3) is 0.273. The maximum absolute atomic E-state index is 11.6. The molecule has 0 unspecified atom stereocenters. The normalized spacial score (nSPS) is 9.71. The number of ether oxygens (including phenoxy) is 1. The van der Waals surface area contributed by atoms with E-state index >= 15 is 0 Å². The maximum Gasteiger partial charge on any atom is 0.307 e. The van der Waals surface area contributed by atoms with Crippen LogP contribution >= 0.6 is 0 Å². The number of hydrogen-bond donors (Lipinski definition) is 3. The zero-order valence-corrected chi connectivity index (χ0v) is 9.27. The van der Waals surface area contributed by atoms with Gasteiger partial charge in [0.2, 0.25) is 0 Å². The second-order valence-corrected chi connectivity index (χ2v) is 3.25. The molecular weight excluding hydrogens is 226 g/mol. The molecule has 0 saturated heterocycles. The monoisotopic (exact) mass is 239 g/mol. The first-order chi connectivity index (χ1) is 8.06. The highest BCUT2D eigenvalue weighted by molar-refractivity contribution is 5.99. The minimum absolute atomic E-state index is 0.0244. The van der Waals surface area contributed by atoms with Crippen LogP contribution in [-0.2, 0) is 9.53 Å². The number of amides is 1. The van der Waals surface area contributed by atoms with Crippen molar-refractivity contribution in [3.63, 3.8) is 0 Å². The van der Waals surface area contributed by atoms with Gasteiger partial charge in [-0.05, 0) is 12.1 Å². The zero-order valence-electron chi connectivity index (χ0n) is 9.27. The third-order valence-electron chi connectivity index (χ3n) is 2.09. The highest BCUT2D eigenvalue weighted by Gasteiger charge is 2.15. The van der Waals surface area contributed by atoms with Gasteiger partial charge in [-0.1, -0.05) is 6.07 Å². The smallest absolute Gasteiger partial charge is 0.307 e. The van der Waals surface area contributed by atoms with Crippen LogP contribution in [0.25, 0.3) is 0 Å². The number of benzene rings is 1. The van der Waals surface area contributed by atoms with Crippen LogP contribution in [0.1, 0.15) is 16.8 Å². The minimum atomic E-state index is -0.649. The molecule has 0 aliphatic heterocycles. The maximum atomic E-state index is 11.6. The van der Waals surface area contributed by atoms with E-state index in [1.54, 1.807) is 0 Å². The second-order valence-electron chi connectivity index (χ2n) is 3.25. The number of nitrogens with one attached hydrogen (secondary N) is 1. The van der Waals surface area contributed by atoms with E-state index in [9.17, 15) is 19.8 Å². The number of carbonyl (C=O) groups is 2. The first kappa shape index (κ1) is 12.8. The molecule has 0 aromatic heterocycles. The molecule has 0 atom stereocenters. The number of hydrogen-bond acceptors (Lipinski definition) is 5. The Morgan fingerprint density at radius 2 is 1.88 bits per heavy atom. The Kier molecular flexibility index (Phi) is 4.33. The lowest BCUT2D eigenvalue weighted by Gasteiger charge is -2.07. The lowest BCUT2D eigenvalue weighted by atomic mass is 10.1. The molecule has 0 heterocycles. The molecule has 1 amide bonds. The second kappa shape index (κ2) is 5.74. The molecule has 0 bridgehead atoms. The van der Waals surface area contributed by atoms with Gasteiger partial charge in [0.1, 0.15) is 17.1 Å². The molecule has 1 aromatic carbocycles.